The Morgan fingerprint density at radius 1 is 1.00 bits per heavy atom. The minimum Gasteiger partial charge on any atom is -0.386 e. The predicted octanol–water partition coefficient (Wildman–Crippen LogP) is 3.94. The van der Waals surface area contributed by atoms with Crippen molar-refractivity contribution in [3.8, 4) is 0 Å². The van der Waals surface area contributed by atoms with E-state index in [1.807, 2.05) is 0 Å². The highest BCUT2D eigenvalue weighted by Crippen LogP contribution is 2.26. The number of hydrogen-bond donors (Lipinski definition) is 2. The summed E-state index contributed by atoms with van der Waals surface area (Å²) in [5.74, 6) is -3.35. The molecule has 1 unspecified atom stereocenters. The molecule has 0 amide bonds. The lowest BCUT2D eigenvalue weighted by atomic mass is 10.1. The number of nitrogens with zero attached hydrogens (tertiary/aromatic N) is 1. The van der Waals surface area contributed by atoms with Crippen LogP contribution in [0.1, 0.15) is 11.7 Å². The number of aromatic nitrogens is 1. The van der Waals surface area contributed by atoms with E-state index >= 15 is 0 Å². The number of pyridine rings is 1. The molecule has 0 saturated carbocycles. The summed E-state index contributed by atoms with van der Waals surface area (Å²) in [6, 6.07) is 6.51. The molecular weight excluding hydrogens is 324 g/mol. The zero-order chi connectivity index (χ0) is 17.3. The molecule has 3 aromatic rings. The van der Waals surface area contributed by atoms with Crippen LogP contribution in [0.5, 0.6) is 0 Å². The summed E-state index contributed by atoms with van der Waals surface area (Å²) in [5, 5.41) is 12.9. The molecule has 0 aliphatic carbocycles. The third-order valence-electron chi connectivity index (χ3n) is 3.58. The van der Waals surface area contributed by atoms with E-state index in [9.17, 15) is 22.7 Å². The molecule has 3 rings (SSSR count). The van der Waals surface area contributed by atoms with E-state index < -0.39 is 34.9 Å². The Hall–Kier alpha value is -2.67. The maximum atomic E-state index is 13.7. The van der Waals surface area contributed by atoms with Gasteiger partial charge in [-0.25, -0.2) is 17.6 Å². The van der Waals surface area contributed by atoms with Crippen LogP contribution in [0.3, 0.4) is 0 Å². The van der Waals surface area contributed by atoms with E-state index in [0.29, 0.717) is 6.07 Å². The van der Waals surface area contributed by atoms with Gasteiger partial charge in [0.1, 0.15) is 29.1 Å². The fourth-order valence-corrected chi connectivity index (χ4v) is 2.47. The van der Waals surface area contributed by atoms with Crippen molar-refractivity contribution in [2.75, 3.05) is 11.9 Å². The smallest absolute Gasteiger partial charge is 0.152 e. The second-order valence-corrected chi connectivity index (χ2v) is 5.17. The van der Waals surface area contributed by atoms with Gasteiger partial charge in [0.15, 0.2) is 5.82 Å². The lowest BCUT2D eigenvalue weighted by molar-refractivity contribution is 0.181. The number of benzene rings is 2. The van der Waals surface area contributed by atoms with Crippen molar-refractivity contribution in [1.29, 1.82) is 0 Å². The van der Waals surface area contributed by atoms with Crippen LogP contribution in [0.2, 0.25) is 0 Å². The van der Waals surface area contributed by atoms with E-state index in [0.717, 1.165) is 18.2 Å². The van der Waals surface area contributed by atoms with Gasteiger partial charge in [0.25, 0.3) is 0 Å². The molecule has 124 valence electrons. The standard InChI is InChI=1S/C17H12F4N2O/c18-9-6-10-14(4-5-22-17(10)13(21)7-9)23-8-15(24)16-11(19)2-1-3-12(16)20/h1-7,15,24H,8H2,(H,22,23). The summed E-state index contributed by atoms with van der Waals surface area (Å²) in [7, 11) is 0. The summed E-state index contributed by atoms with van der Waals surface area (Å²) in [5.41, 5.74) is -0.233. The summed E-state index contributed by atoms with van der Waals surface area (Å²) >= 11 is 0. The fraction of sp³-hybridized carbons (Fsp3) is 0.118. The molecule has 2 N–H and O–H groups in total. The Kier molecular flexibility index (Phi) is 4.35. The van der Waals surface area contributed by atoms with Gasteiger partial charge >= 0.3 is 0 Å². The van der Waals surface area contributed by atoms with E-state index in [1.54, 1.807) is 0 Å². The Bertz CT molecular complexity index is 881. The summed E-state index contributed by atoms with van der Waals surface area (Å²) in [6.07, 6.45) is -0.172. The number of anilines is 1. The van der Waals surface area contributed by atoms with E-state index in [4.69, 9.17) is 0 Å². The molecule has 1 atom stereocenters. The third-order valence-corrected chi connectivity index (χ3v) is 3.58. The van der Waals surface area contributed by atoms with Gasteiger partial charge in [-0.1, -0.05) is 6.07 Å². The average Bonchev–Trinajstić information content (AvgIpc) is 2.52. The first-order valence-electron chi connectivity index (χ1n) is 7.07. The van der Waals surface area contributed by atoms with Crippen molar-refractivity contribution >= 4 is 16.6 Å². The van der Waals surface area contributed by atoms with Crippen LogP contribution in [-0.4, -0.2) is 16.6 Å². The SMILES string of the molecule is OC(CNc1ccnc2c(F)cc(F)cc12)c1c(F)cccc1F. The van der Waals surface area contributed by atoms with Crippen LogP contribution >= 0.6 is 0 Å². The molecule has 0 fully saturated rings. The molecule has 0 saturated heterocycles. The number of rotatable bonds is 4. The van der Waals surface area contributed by atoms with Gasteiger partial charge in [0.05, 0.1) is 5.56 Å². The van der Waals surface area contributed by atoms with E-state index in [-0.39, 0.29) is 23.1 Å². The monoisotopic (exact) mass is 336 g/mol. The lowest BCUT2D eigenvalue weighted by Crippen LogP contribution is -2.15. The summed E-state index contributed by atoms with van der Waals surface area (Å²) in [4.78, 5) is 3.83. The summed E-state index contributed by atoms with van der Waals surface area (Å²) in [6.45, 7) is -0.255. The Morgan fingerprint density at radius 2 is 1.71 bits per heavy atom. The molecule has 0 bridgehead atoms. The van der Waals surface area contributed by atoms with Gasteiger partial charge in [-0.05, 0) is 24.3 Å². The molecular formula is C17H12F4N2O. The molecule has 7 heteroatoms. The number of hydrogen-bond acceptors (Lipinski definition) is 3. The van der Waals surface area contributed by atoms with Gasteiger partial charge in [0.2, 0.25) is 0 Å². The van der Waals surface area contributed by atoms with Crippen LogP contribution in [0, 0.1) is 23.3 Å². The number of halogens is 4. The maximum absolute atomic E-state index is 13.7. The van der Waals surface area contributed by atoms with Crippen LogP contribution in [-0.2, 0) is 0 Å². The zero-order valence-corrected chi connectivity index (χ0v) is 12.2. The average molecular weight is 336 g/mol. The van der Waals surface area contributed by atoms with Crippen molar-refractivity contribution in [1.82, 2.24) is 4.98 Å². The quantitative estimate of drug-likeness (QED) is 0.710. The highest BCUT2D eigenvalue weighted by molar-refractivity contribution is 5.91. The summed E-state index contributed by atoms with van der Waals surface area (Å²) < 4.78 is 54.4. The van der Waals surface area contributed by atoms with Gasteiger partial charge in [-0.15, -0.1) is 0 Å². The molecule has 0 spiro atoms. The first-order chi connectivity index (χ1) is 11.5. The number of aliphatic hydroxyl groups excluding tert-OH is 1. The number of aliphatic hydroxyl groups is 1. The molecule has 0 radical (unpaired) electrons. The van der Waals surface area contributed by atoms with Gasteiger partial charge < -0.3 is 10.4 Å². The van der Waals surface area contributed by atoms with Crippen LogP contribution in [0.15, 0.2) is 42.6 Å². The number of fused-ring (bicyclic) bond motifs is 1. The van der Waals surface area contributed by atoms with Crippen LogP contribution < -0.4 is 5.32 Å². The second kappa shape index (κ2) is 6.45. The van der Waals surface area contributed by atoms with Crippen molar-refractivity contribution in [3.05, 3.63) is 71.4 Å². The van der Waals surface area contributed by atoms with Crippen LogP contribution in [0.4, 0.5) is 23.2 Å². The van der Waals surface area contributed by atoms with Gasteiger partial charge in [-0.3, -0.25) is 4.98 Å². The molecule has 24 heavy (non-hydrogen) atoms. The third kappa shape index (κ3) is 3.03. The first-order valence-corrected chi connectivity index (χ1v) is 7.07. The normalized spacial score (nSPS) is 12.4. The predicted molar refractivity (Wildman–Crippen MR) is 81.5 cm³/mol. The van der Waals surface area contributed by atoms with Crippen molar-refractivity contribution < 1.29 is 22.7 Å². The molecule has 0 aliphatic rings. The highest BCUT2D eigenvalue weighted by Gasteiger charge is 2.18. The van der Waals surface area contributed by atoms with E-state index in [1.165, 1.54) is 18.3 Å². The highest BCUT2D eigenvalue weighted by atomic mass is 19.1. The van der Waals surface area contributed by atoms with Crippen molar-refractivity contribution in [3.63, 3.8) is 0 Å². The fourth-order valence-electron chi connectivity index (χ4n) is 2.47. The van der Waals surface area contributed by atoms with Crippen LogP contribution in [0.25, 0.3) is 10.9 Å². The zero-order valence-electron chi connectivity index (χ0n) is 12.2. The number of nitrogens with one attached hydrogen (secondary N) is 1. The minimum atomic E-state index is -1.48. The Labute approximate surface area is 134 Å². The molecule has 3 nitrogen and oxygen atoms in total. The Morgan fingerprint density at radius 3 is 2.42 bits per heavy atom. The first kappa shape index (κ1) is 16.2. The minimum absolute atomic E-state index is 0.0482. The van der Waals surface area contributed by atoms with Gasteiger partial charge in [-0.2, -0.15) is 0 Å². The maximum Gasteiger partial charge on any atom is 0.152 e. The molecule has 1 aromatic heterocycles. The Balaban J connectivity index is 1.88. The van der Waals surface area contributed by atoms with Crippen molar-refractivity contribution in [2.24, 2.45) is 0 Å². The lowest BCUT2D eigenvalue weighted by Gasteiger charge is -2.16. The molecule has 0 aliphatic heterocycles. The van der Waals surface area contributed by atoms with Gasteiger partial charge in [0, 0.05) is 29.9 Å². The van der Waals surface area contributed by atoms with Crippen molar-refractivity contribution in [2.45, 2.75) is 6.10 Å². The molecule has 2 aromatic carbocycles. The van der Waals surface area contributed by atoms with E-state index in [2.05, 4.69) is 10.3 Å². The topological polar surface area (TPSA) is 45.1 Å². The molecule has 1 heterocycles. The second-order valence-electron chi connectivity index (χ2n) is 5.17. The largest absolute Gasteiger partial charge is 0.386 e.